The zero-order valence-corrected chi connectivity index (χ0v) is 13.2. The highest BCUT2D eigenvalue weighted by molar-refractivity contribution is 5.82. The van der Waals surface area contributed by atoms with Crippen LogP contribution < -0.4 is 0 Å². The van der Waals surface area contributed by atoms with Crippen LogP contribution in [0.1, 0.15) is 31.1 Å². The fourth-order valence-corrected chi connectivity index (χ4v) is 2.64. The summed E-state index contributed by atoms with van der Waals surface area (Å²) in [5.41, 5.74) is 5.62. The Morgan fingerprint density at radius 2 is 1.64 bits per heavy atom. The van der Waals surface area contributed by atoms with E-state index in [-0.39, 0.29) is 0 Å². The molecule has 0 spiro atoms. The molecular weight excluding hydrogens is 270 g/mol. The Hall–Kier alpha value is -2.35. The zero-order valence-electron chi connectivity index (χ0n) is 13.2. The van der Waals surface area contributed by atoms with Gasteiger partial charge in [0.1, 0.15) is 11.5 Å². The van der Waals surface area contributed by atoms with Crippen molar-refractivity contribution in [3.63, 3.8) is 0 Å². The summed E-state index contributed by atoms with van der Waals surface area (Å²) in [6.45, 7) is 4.30. The van der Waals surface area contributed by atoms with Crippen molar-refractivity contribution in [2.75, 3.05) is 0 Å². The minimum Gasteiger partial charge on any atom is -0.360 e. The quantitative estimate of drug-likeness (QED) is 0.606. The average Bonchev–Trinajstić information content (AvgIpc) is 2.98. The molecule has 0 aliphatic heterocycles. The molecule has 1 heterocycles. The SMILES string of the molecule is CCCCc1onc(-c2ccccc2)c1-c1ccc(C)cc1. The Labute approximate surface area is 131 Å². The molecule has 0 atom stereocenters. The van der Waals surface area contributed by atoms with E-state index in [9.17, 15) is 0 Å². The highest BCUT2D eigenvalue weighted by Gasteiger charge is 2.18. The van der Waals surface area contributed by atoms with E-state index in [2.05, 4.69) is 55.4 Å². The van der Waals surface area contributed by atoms with Crippen LogP contribution in [-0.4, -0.2) is 5.16 Å². The third-order valence-electron chi connectivity index (χ3n) is 3.91. The van der Waals surface area contributed by atoms with Crippen LogP contribution in [0.15, 0.2) is 59.1 Å². The average molecular weight is 291 g/mol. The van der Waals surface area contributed by atoms with Gasteiger partial charge in [0.25, 0.3) is 0 Å². The van der Waals surface area contributed by atoms with Gasteiger partial charge in [-0.05, 0) is 18.9 Å². The first-order chi connectivity index (χ1) is 10.8. The van der Waals surface area contributed by atoms with Crippen molar-refractivity contribution >= 4 is 0 Å². The topological polar surface area (TPSA) is 26.0 Å². The predicted molar refractivity (Wildman–Crippen MR) is 90.7 cm³/mol. The molecule has 0 radical (unpaired) electrons. The number of unbranched alkanes of at least 4 members (excludes halogenated alkanes) is 1. The molecule has 0 aliphatic carbocycles. The Kier molecular flexibility index (Phi) is 4.38. The van der Waals surface area contributed by atoms with Crippen LogP contribution >= 0.6 is 0 Å². The molecule has 0 saturated carbocycles. The van der Waals surface area contributed by atoms with Crippen LogP contribution in [0.5, 0.6) is 0 Å². The van der Waals surface area contributed by atoms with Crippen molar-refractivity contribution in [1.29, 1.82) is 0 Å². The fourth-order valence-electron chi connectivity index (χ4n) is 2.64. The van der Waals surface area contributed by atoms with E-state index in [1.165, 1.54) is 11.1 Å². The molecule has 0 amide bonds. The maximum atomic E-state index is 5.69. The largest absolute Gasteiger partial charge is 0.360 e. The molecule has 0 unspecified atom stereocenters. The van der Waals surface area contributed by atoms with Gasteiger partial charge in [0.05, 0.1) is 5.56 Å². The van der Waals surface area contributed by atoms with Crippen LogP contribution in [-0.2, 0) is 6.42 Å². The smallest absolute Gasteiger partial charge is 0.145 e. The van der Waals surface area contributed by atoms with E-state index >= 15 is 0 Å². The summed E-state index contributed by atoms with van der Waals surface area (Å²) in [6, 6.07) is 18.9. The van der Waals surface area contributed by atoms with Crippen LogP contribution in [0.25, 0.3) is 22.4 Å². The van der Waals surface area contributed by atoms with Crippen LogP contribution in [0.4, 0.5) is 0 Å². The second-order valence-corrected chi connectivity index (χ2v) is 5.66. The van der Waals surface area contributed by atoms with E-state index in [4.69, 9.17) is 4.52 Å². The van der Waals surface area contributed by atoms with Gasteiger partial charge in [-0.25, -0.2) is 0 Å². The maximum absolute atomic E-state index is 5.69. The third-order valence-corrected chi connectivity index (χ3v) is 3.91. The van der Waals surface area contributed by atoms with Crippen LogP contribution in [0.3, 0.4) is 0 Å². The molecule has 2 nitrogen and oxygen atoms in total. The van der Waals surface area contributed by atoms with Gasteiger partial charge in [0.15, 0.2) is 0 Å². The van der Waals surface area contributed by atoms with Crippen molar-refractivity contribution in [2.45, 2.75) is 33.1 Å². The number of aromatic nitrogens is 1. The van der Waals surface area contributed by atoms with Crippen molar-refractivity contribution in [3.8, 4) is 22.4 Å². The molecule has 2 aromatic carbocycles. The first-order valence-electron chi connectivity index (χ1n) is 7.90. The number of hydrogen-bond donors (Lipinski definition) is 0. The summed E-state index contributed by atoms with van der Waals surface area (Å²) >= 11 is 0. The number of aryl methyl sites for hydroxylation is 2. The number of rotatable bonds is 5. The number of benzene rings is 2. The molecule has 0 N–H and O–H groups in total. The minimum atomic E-state index is 0.930. The standard InChI is InChI=1S/C20H21NO/c1-3-4-10-18-19(16-13-11-15(2)12-14-16)20(21-22-18)17-8-6-5-7-9-17/h5-9,11-14H,3-4,10H2,1-2H3. The summed E-state index contributed by atoms with van der Waals surface area (Å²) < 4.78 is 5.69. The molecule has 0 bridgehead atoms. The summed E-state index contributed by atoms with van der Waals surface area (Å²) in [5.74, 6) is 0.990. The Balaban J connectivity index is 2.11. The lowest BCUT2D eigenvalue weighted by molar-refractivity contribution is 0.383. The van der Waals surface area contributed by atoms with E-state index in [1.807, 2.05) is 18.2 Å². The molecule has 0 aliphatic rings. The van der Waals surface area contributed by atoms with Gasteiger partial charge in [-0.3, -0.25) is 0 Å². The summed E-state index contributed by atoms with van der Waals surface area (Å²) in [6.07, 6.45) is 3.19. The van der Waals surface area contributed by atoms with Crippen molar-refractivity contribution in [2.24, 2.45) is 0 Å². The Morgan fingerprint density at radius 3 is 2.32 bits per heavy atom. The number of nitrogens with zero attached hydrogens (tertiary/aromatic N) is 1. The maximum Gasteiger partial charge on any atom is 0.145 e. The van der Waals surface area contributed by atoms with Crippen LogP contribution in [0.2, 0.25) is 0 Å². The fraction of sp³-hybridized carbons (Fsp3) is 0.250. The lowest BCUT2D eigenvalue weighted by atomic mass is 9.97. The Morgan fingerprint density at radius 1 is 0.909 bits per heavy atom. The van der Waals surface area contributed by atoms with Gasteiger partial charge in [0, 0.05) is 12.0 Å². The highest BCUT2D eigenvalue weighted by Crippen LogP contribution is 2.35. The van der Waals surface area contributed by atoms with Crippen molar-refractivity contribution in [1.82, 2.24) is 5.16 Å². The molecule has 3 rings (SSSR count). The first kappa shape index (κ1) is 14.6. The summed E-state index contributed by atoms with van der Waals surface area (Å²) in [4.78, 5) is 0. The van der Waals surface area contributed by atoms with Gasteiger partial charge >= 0.3 is 0 Å². The molecule has 2 heteroatoms. The summed E-state index contributed by atoms with van der Waals surface area (Å²) in [5, 5.41) is 4.36. The van der Waals surface area contributed by atoms with Crippen LogP contribution in [0, 0.1) is 6.92 Å². The van der Waals surface area contributed by atoms with Gasteiger partial charge < -0.3 is 4.52 Å². The lowest BCUT2D eigenvalue weighted by Gasteiger charge is -2.05. The minimum absolute atomic E-state index is 0.930. The van der Waals surface area contributed by atoms with E-state index in [1.54, 1.807) is 0 Å². The number of hydrogen-bond acceptors (Lipinski definition) is 2. The lowest BCUT2D eigenvalue weighted by Crippen LogP contribution is -1.88. The molecule has 0 saturated heterocycles. The van der Waals surface area contributed by atoms with E-state index in [0.29, 0.717) is 0 Å². The van der Waals surface area contributed by atoms with Crippen molar-refractivity contribution in [3.05, 3.63) is 65.9 Å². The normalized spacial score (nSPS) is 10.8. The monoisotopic (exact) mass is 291 g/mol. The Bertz CT molecular complexity index is 726. The molecule has 0 fully saturated rings. The van der Waals surface area contributed by atoms with Gasteiger partial charge in [0.2, 0.25) is 0 Å². The predicted octanol–water partition coefficient (Wildman–Crippen LogP) is 5.66. The van der Waals surface area contributed by atoms with Gasteiger partial charge in [-0.2, -0.15) is 0 Å². The highest BCUT2D eigenvalue weighted by atomic mass is 16.5. The molecule has 3 aromatic rings. The second kappa shape index (κ2) is 6.61. The van der Waals surface area contributed by atoms with E-state index < -0.39 is 0 Å². The third kappa shape index (κ3) is 2.96. The second-order valence-electron chi connectivity index (χ2n) is 5.66. The van der Waals surface area contributed by atoms with Gasteiger partial charge in [-0.15, -0.1) is 0 Å². The molecule has 112 valence electrons. The first-order valence-corrected chi connectivity index (χ1v) is 7.90. The molecule has 1 aromatic heterocycles. The van der Waals surface area contributed by atoms with Crippen molar-refractivity contribution < 1.29 is 4.52 Å². The zero-order chi connectivity index (χ0) is 15.4. The summed E-state index contributed by atoms with van der Waals surface area (Å²) in [7, 11) is 0. The van der Waals surface area contributed by atoms with Gasteiger partial charge in [-0.1, -0.05) is 78.7 Å². The van der Waals surface area contributed by atoms with E-state index in [0.717, 1.165) is 41.8 Å². The molecular formula is C20H21NO. The molecule has 22 heavy (non-hydrogen) atoms.